The van der Waals surface area contributed by atoms with Crippen LogP contribution in [0.4, 0.5) is 5.82 Å². The lowest BCUT2D eigenvalue weighted by Crippen LogP contribution is -2.04. The van der Waals surface area contributed by atoms with E-state index in [2.05, 4.69) is 35.6 Å². The van der Waals surface area contributed by atoms with Gasteiger partial charge < -0.3 is 19.1 Å². The summed E-state index contributed by atoms with van der Waals surface area (Å²) in [7, 11) is 1.59. The van der Waals surface area contributed by atoms with Crippen LogP contribution in [0.15, 0.2) is 51.8 Å². The number of anilines is 1. The van der Waals surface area contributed by atoms with Gasteiger partial charge in [-0.3, -0.25) is 0 Å². The van der Waals surface area contributed by atoms with Gasteiger partial charge in [0.1, 0.15) is 26.4 Å². The highest BCUT2D eigenvalue weighted by molar-refractivity contribution is 7.19. The van der Waals surface area contributed by atoms with E-state index in [9.17, 15) is 0 Å². The summed E-state index contributed by atoms with van der Waals surface area (Å²) < 4.78 is 15.4. The Kier molecular flexibility index (Phi) is 8.90. The van der Waals surface area contributed by atoms with Gasteiger partial charge in [0.25, 0.3) is 0 Å². The first-order chi connectivity index (χ1) is 21.2. The standard InChI is InChI=1S/C18H14Cl2N4O2S.C10H5Cl2N3OS/c1-9-15(20)14-17(21-8-10-3-4-12(25-2)11(19)7-10)23-16(24-18(14)27-9)13-5-6-22-26-13;1-4-7(11)6-8(12)14-9(15-10(6)17-4)5-2-3-13-16-5/h3-7H,8H2,1-2H3,(H,21,23,24);2-3H,1H3. The van der Waals surface area contributed by atoms with Gasteiger partial charge in [-0.25, -0.2) is 19.9 Å². The third-order valence-electron chi connectivity index (χ3n) is 6.26. The number of aromatic nitrogens is 6. The van der Waals surface area contributed by atoms with Crippen LogP contribution in [0.5, 0.6) is 5.75 Å². The largest absolute Gasteiger partial charge is 0.495 e. The molecule has 1 aromatic carbocycles. The Labute approximate surface area is 277 Å². The van der Waals surface area contributed by atoms with E-state index in [0.717, 1.165) is 30.4 Å². The number of nitrogens with zero attached hydrogens (tertiary/aromatic N) is 6. The molecule has 224 valence electrons. The van der Waals surface area contributed by atoms with Crippen LogP contribution in [0.3, 0.4) is 0 Å². The van der Waals surface area contributed by atoms with Crippen molar-refractivity contribution in [2.45, 2.75) is 20.4 Å². The Hall–Kier alpha value is -3.52. The van der Waals surface area contributed by atoms with E-state index < -0.39 is 0 Å². The second kappa shape index (κ2) is 12.8. The minimum atomic E-state index is 0.329. The third-order valence-corrected chi connectivity index (χ3v) is 9.99. The number of rotatable bonds is 6. The van der Waals surface area contributed by atoms with Crippen molar-refractivity contribution < 1.29 is 13.8 Å². The second-order valence-corrected chi connectivity index (χ2v) is 13.0. The van der Waals surface area contributed by atoms with Crippen molar-refractivity contribution in [1.82, 2.24) is 30.2 Å². The summed E-state index contributed by atoms with van der Waals surface area (Å²) >= 11 is 27.9. The van der Waals surface area contributed by atoms with Crippen LogP contribution in [0.2, 0.25) is 20.2 Å². The molecule has 0 saturated carbocycles. The summed E-state index contributed by atoms with van der Waals surface area (Å²) in [5.74, 6) is 3.11. The SMILES string of the molecule is COc1ccc(CNc2nc(-c3ccno3)nc3sc(C)c(Cl)c23)cc1Cl.Cc1sc2nc(-c3ccno3)nc(Cl)c2c1Cl. The molecule has 0 aliphatic carbocycles. The molecule has 0 aliphatic rings. The highest BCUT2D eigenvalue weighted by Gasteiger charge is 2.19. The Morgan fingerprint density at radius 1 is 0.773 bits per heavy atom. The Balaban J connectivity index is 0.000000173. The topological polar surface area (TPSA) is 125 Å². The smallest absolute Gasteiger partial charge is 0.204 e. The van der Waals surface area contributed by atoms with E-state index in [1.165, 1.54) is 28.9 Å². The number of methoxy groups -OCH3 is 1. The minimum absolute atomic E-state index is 0.329. The van der Waals surface area contributed by atoms with Gasteiger partial charge in [-0.1, -0.05) is 62.8 Å². The van der Waals surface area contributed by atoms with Crippen LogP contribution in [0, 0.1) is 13.8 Å². The van der Waals surface area contributed by atoms with Crippen molar-refractivity contribution in [2.24, 2.45) is 0 Å². The van der Waals surface area contributed by atoms with Crippen LogP contribution in [0.1, 0.15) is 15.3 Å². The number of aryl methyl sites for hydroxylation is 2. The van der Waals surface area contributed by atoms with E-state index in [4.69, 9.17) is 60.2 Å². The van der Waals surface area contributed by atoms with Crippen LogP contribution < -0.4 is 10.1 Å². The summed E-state index contributed by atoms with van der Waals surface area (Å²) in [6.45, 7) is 4.38. The van der Waals surface area contributed by atoms with Gasteiger partial charge in [0, 0.05) is 28.4 Å². The zero-order valence-corrected chi connectivity index (χ0v) is 27.6. The number of hydrogen-bond acceptors (Lipinski definition) is 12. The van der Waals surface area contributed by atoms with Gasteiger partial charge in [-0.05, 0) is 31.5 Å². The molecule has 7 rings (SSSR count). The van der Waals surface area contributed by atoms with Crippen LogP contribution in [0.25, 0.3) is 43.6 Å². The number of hydrogen-bond donors (Lipinski definition) is 1. The first-order valence-corrected chi connectivity index (χ1v) is 15.8. The minimum Gasteiger partial charge on any atom is -0.495 e. The Bertz CT molecular complexity index is 2100. The molecule has 0 amide bonds. The lowest BCUT2D eigenvalue weighted by molar-refractivity contribution is 0.415. The molecule has 6 aromatic heterocycles. The highest BCUT2D eigenvalue weighted by atomic mass is 35.5. The van der Waals surface area contributed by atoms with E-state index in [1.54, 1.807) is 25.4 Å². The quantitative estimate of drug-likeness (QED) is 0.167. The van der Waals surface area contributed by atoms with Crippen LogP contribution in [-0.4, -0.2) is 37.4 Å². The molecular formula is C28H19Cl4N7O3S2. The molecule has 0 aliphatic heterocycles. The zero-order chi connectivity index (χ0) is 31.0. The molecule has 0 saturated heterocycles. The average molecular weight is 707 g/mol. The number of thiophene rings is 2. The van der Waals surface area contributed by atoms with Gasteiger partial charge in [-0.15, -0.1) is 22.7 Å². The predicted molar refractivity (Wildman–Crippen MR) is 176 cm³/mol. The van der Waals surface area contributed by atoms with Crippen molar-refractivity contribution >= 4 is 95.3 Å². The second-order valence-electron chi connectivity index (χ2n) is 9.11. The fraction of sp³-hybridized carbons (Fsp3) is 0.143. The number of halogens is 4. The van der Waals surface area contributed by atoms with Crippen molar-refractivity contribution in [3.63, 3.8) is 0 Å². The maximum atomic E-state index is 6.49. The maximum absolute atomic E-state index is 6.49. The Morgan fingerprint density at radius 2 is 1.36 bits per heavy atom. The summed E-state index contributed by atoms with van der Waals surface area (Å²) in [5, 5.41) is 14.3. The van der Waals surface area contributed by atoms with Crippen molar-refractivity contribution in [3.8, 4) is 28.9 Å². The maximum Gasteiger partial charge on any atom is 0.204 e. The van der Waals surface area contributed by atoms with Crippen molar-refractivity contribution in [1.29, 1.82) is 0 Å². The predicted octanol–water partition coefficient (Wildman–Crippen LogP) is 9.54. The first-order valence-electron chi connectivity index (χ1n) is 12.7. The Morgan fingerprint density at radius 3 is 1.93 bits per heavy atom. The average Bonchev–Trinajstić information content (AvgIpc) is 3.82. The molecule has 0 fully saturated rings. The van der Waals surface area contributed by atoms with Gasteiger partial charge in [-0.2, -0.15) is 0 Å². The van der Waals surface area contributed by atoms with Gasteiger partial charge in [0.2, 0.25) is 23.2 Å². The van der Waals surface area contributed by atoms with Gasteiger partial charge >= 0.3 is 0 Å². The fourth-order valence-corrected chi connectivity index (χ4v) is 7.31. The molecule has 0 atom stereocenters. The van der Waals surface area contributed by atoms with E-state index >= 15 is 0 Å². The van der Waals surface area contributed by atoms with Gasteiger partial charge in [0.15, 0.2) is 0 Å². The third kappa shape index (κ3) is 6.06. The van der Waals surface area contributed by atoms with Crippen molar-refractivity contribution in [2.75, 3.05) is 12.4 Å². The summed E-state index contributed by atoms with van der Waals surface area (Å²) in [5.41, 5.74) is 0.983. The fourth-order valence-electron chi connectivity index (χ4n) is 4.13. The molecule has 6 heterocycles. The molecule has 0 unspecified atom stereocenters. The number of ether oxygens (including phenoxy) is 1. The van der Waals surface area contributed by atoms with E-state index in [0.29, 0.717) is 66.9 Å². The summed E-state index contributed by atoms with van der Waals surface area (Å²) in [6.07, 6.45) is 3.09. The van der Waals surface area contributed by atoms with Crippen LogP contribution >= 0.6 is 69.1 Å². The monoisotopic (exact) mass is 705 g/mol. The molecule has 16 heteroatoms. The van der Waals surface area contributed by atoms with Crippen molar-refractivity contribution in [3.05, 3.63) is 78.3 Å². The van der Waals surface area contributed by atoms with Crippen LogP contribution in [-0.2, 0) is 6.54 Å². The number of nitrogens with one attached hydrogen (secondary N) is 1. The first kappa shape index (κ1) is 30.5. The summed E-state index contributed by atoms with van der Waals surface area (Å²) in [6, 6.07) is 9.02. The van der Waals surface area contributed by atoms with E-state index in [1.807, 2.05) is 32.0 Å². The van der Waals surface area contributed by atoms with E-state index in [-0.39, 0.29) is 0 Å². The molecule has 44 heavy (non-hydrogen) atoms. The molecule has 0 radical (unpaired) electrons. The number of fused-ring (bicyclic) bond motifs is 2. The number of benzene rings is 1. The molecule has 0 bridgehead atoms. The molecular weight excluding hydrogens is 688 g/mol. The lowest BCUT2D eigenvalue weighted by atomic mass is 10.2. The molecule has 1 N–H and O–H groups in total. The molecule has 0 spiro atoms. The molecule has 7 aromatic rings. The van der Waals surface area contributed by atoms with Gasteiger partial charge in [0.05, 0.1) is 45.3 Å². The zero-order valence-electron chi connectivity index (χ0n) is 23.0. The normalized spacial score (nSPS) is 11.2. The lowest BCUT2D eigenvalue weighted by Gasteiger charge is -2.10. The highest BCUT2D eigenvalue weighted by Crippen LogP contribution is 2.40. The summed E-state index contributed by atoms with van der Waals surface area (Å²) in [4.78, 5) is 21.2. The molecule has 10 nitrogen and oxygen atoms in total.